The van der Waals surface area contributed by atoms with Gasteiger partial charge in [0.1, 0.15) is 0 Å². The lowest BCUT2D eigenvalue weighted by Crippen LogP contribution is -1.99. The smallest absolute Gasteiger partial charge is 0.0964 e. The van der Waals surface area contributed by atoms with Gasteiger partial charge in [0, 0.05) is 76.0 Å². The third-order valence-electron chi connectivity index (χ3n) is 15.7. The molecular weight excluding hydrogens is 979 g/mol. The number of rotatable bonds is 6. The molecule has 0 bridgehead atoms. The molecule has 9 nitrogen and oxygen atoms in total. The minimum Gasteiger partial charge on any atom is -0.308 e. The van der Waals surface area contributed by atoms with Crippen LogP contribution in [0.15, 0.2) is 244 Å². The second kappa shape index (κ2) is 19.5. The largest absolute Gasteiger partial charge is 0.308 e. The maximum Gasteiger partial charge on any atom is 0.0964 e. The van der Waals surface area contributed by atoms with E-state index in [2.05, 4.69) is 182 Å². The summed E-state index contributed by atoms with van der Waals surface area (Å²) in [6.45, 7) is 13.5. The van der Waals surface area contributed by atoms with Crippen LogP contribution in [0.25, 0.3) is 127 Å². The Labute approximate surface area is 462 Å². The lowest BCUT2D eigenvalue weighted by atomic mass is 10.0. The van der Waals surface area contributed by atoms with E-state index >= 15 is 0 Å². The van der Waals surface area contributed by atoms with E-state index in [0.717, 1.165) is 128 Å². The molecule has 6 aromatic carbocycles. The maximum absolute atomic E-state index is 5.02. The maximum atomic E-state index is 5.02. The minimum atomic E-state index is 0.834. The van der Waals surface area contributed by atoms with Crippen molar-refractivity contribution >= 4 is 93.3 Å². The van der Waals surface area contributed by atoms with E-state index in [0.29, 0.717) is 0 Å². The molecule has 9 heterocycles. The summed E-state index contributed by atoms with van der Waals surface area (Å²) in [5.74, 6) is 0. The van der Waals surface area contributed by atoms with E-state index < -0.39 is 0 Å². The van der Waals surface area contributed by atoms with Gasteiger partial charge in [0.05, 0.1) is 77.6 Å². The average molecular weight is 1030 g/mol. The van der Waals surface area contributed by atoms with Gasteiger partial charge in [-0.05, 0) is 175 Å². The van der Waals surface area contributed by atoms with Crippen molar-refractivity contribution in [2.24, 2.45) is 0 Å². The number of allylic oxidation sites excluding steroid dienone is 4. The quantitative estimate of drug-likeness (QED) is 0.122. The highest BCUT2D eigenvalue weighted by atomic mass is 15.0. The first-order valence-corrected chi connectivity index (χ1v) is 27.0. The third-order valence-corrected chi connectivity index (χ3v) is 15.7. The van der Waals surface area contributed by atoms with E-state index in [9.17, 15) is 0 Å². The van der Waals surface area contributed by atoms with Gasteiger partial charge < -0.3 is 18.3 Å². The third kappa shape index (κ3) is 7.57. The molecule has 15 aromatic rings. The van der Waals surface area contributed by atoms with E-state index in [1.165, 1.54) is 27.9 Å². The lowest BCUT2D eigenvalue weighted by Gasteiger charge is -2.14. The van der Waals surface area contributed by atoms with Gasteiger partial charge in [-0.1, -0.05) is 92.0 Å². The van der Waals surface area contributed by atoms with Crippen LogP contribution < -0.4 is 0 Å². The highest BCUT2D eigenvalue weighted by molar-refractivity contribution is 6.12. The van der Waals surface area contributed by atoms with Gasteiger partial charge in [0.2, 0.25) is 0 Å². The standard InChI is InChI=1S/C57H34N8.C10H11N.C4H8/c1-3-13-45-39(10-1)54-50(16-6-26-58-54)62(45)36-22-24-48-43(32-36)56-52(18-8-28-60-56)64(48)35-21-20-34-30-42-38(41(34)31-35)12-5-15-47(42)65-49-25-23-37(33-44(49)57-53(65)19-9-29-61-57)63-46-14-4-2-11-40(46)55-51(63)17-7-27-59-55;1-4-8(2)10-9(3)6-5-7-11-10;1-3-4-2/h1-29,31-33H,30H2;4-7H,1-2H2,3H3;3-4H,1-2H3/b;;4-3-. The predicted molar refractivity (Wildman–Crippen MR) is 332 cm³/mol. The van der Waals surface area contributed by atoms with Gasteiger partial charge in [0.25, 0.3) is 0 Å². The van der Waals surface area contributed by atoms with Gasteiger partial charge in [-0.3, -0.25) is 24.9 Å². The van der Waals surface area contributed by atoms with Crippen molar-refractivity contribution in [1.29, 1.82) is 0 Å². The second-order valence-corrected chi connectivity index (χ2v) is 20.1. The van der Waals surface area contributed by atoms with E-state index in [4.69, 9.17) is 19.9 Å². The van der Waals surface area contributed by atoms with Crippen LogP contribution in [-0.2, 0) is 6.42 Å². The predicted octanol–water partition coefficient (Wildman–Crippen LogP) is 17.4. The average Bonchev–Trinajstić information content (AvgIpc) is 4.52. The molecule has 80 heavy (non-hydrogen) atoms. The highest BCUT2D eigenvalue weighted by Crippen LogP contribution is 2.45. The molecule has 382 valence electrons. The van der Waals surface area contributed by atoms with Crippen LogP contribution in [0.3, 0.4) is 0 Å². The van der Waals surface area contributed by atoms with E-state index in [1.807, 2.05) is 94.1 Å². The Balaban J connectivity index is 0.000000339. The number of nitrogens with zero attached hydrogens (tertiary/aromatic N) is 9. The van der Waals surface area contributed by atoms with Crippen LogP contribution in [0.4, 0.5) is 0 Å². The molecule has 0 saturated heterocycles. The Morgan fingerprint density at radius 3 is 1.38 bits per heavy atom. The fourth-order valence-electron chi connectivity index (χ4n) is 12.0. The summed E-state index contributed by atoms with van der Waals surface area (Å²) in [5, 5.41) is 4.50. The SMILES string of the molecule is C/C=C\C.C=CC(=C)c1ncccc1C.c1cc2c(c(-n3c4ccc(-n5c6ccccc6c6ncccc65)cc4c4ncccc43)c1)Cc1ccc(-n3c4ccc(-n5c6ccccc6c6ncccc65)cc4c4ncccc43)cc1-2. The van der Waals surface area contributed by atoms with Gasteiger partial charge in [-0.2, -0.15) is 0 Å². The topological polar surface area (TPSA) is 84.2 Å². The first kappa shape index (κ1) is 47.9. The Kier molecular flexibility index (Phi) is 11.7. The molecule has 0 unspecified atom stereocenters. The number of aryl methyl sites for hydroxylation is 1. The zero-order valence-electron chi connectivity index (χ0n) is 44.6. The van der Waals surface area contributed by atoms with Crippen molar-refractivity contribution in [3.05, 3.63) is 267 Å². The summed E-state index contributed by atoms with van der Waals surface area (Å²) in [5.41, 5.74) is 25.3. The van der Waals surface area contributed by atoms with Crippen molar-refractivity contribution in [2.45, 2.75) is 27.2 Å². The summed E-state index contributed by atoms with van der Waals surface area (Å²) >= 11 is 0. The fourth-order valence-corrected chi connectivity index (χ4v) is 12.0. The molecule has 1 aliphatic rings. The van der Waals surface area contributed by atoms with Crippen LogP contribution >= 0.6 is 0 Å². The van der Waals surface area contributed by atoms with Crippen LogP contribution in [-0.4, -0.2) is 43.2 Å². The monoisotopic (exact) mass is 1030 g/mol. The molecule has 0 saturated carbocycles. The fraction of sp³-hybridized carbons (Fsp3) is 0.0563. The number of pyridine rings is 5. The van der Waals surface area contributed by atoms with Gasteiger partial charge in [0.15, 0.2) is 0 Å². The summed E-state index contributed by atoms with van der Waals surface area (Å²) in [6, 6.07) is 65.1. The Morgan fingerprint density at radius 2 is 0.850 bits per heavy atom. The lowest BCUT2D eigenvalue weighted by molar-refractivity contribution is 1.11. The summed E-state index contributed by atoms with van der Waals surface area (Å²) < 4.78 is 9.44. The van der Waals surface area contributed by atoms with Crippen LogP contribution in [0, 0.1) is 6.92 Å². The molecular formula is C71H53N9. The molecule has 0 fully saturated rings. The number of fused-ring (bicyclic) bond motifs is 15. The van der Waals surface area contributed by atoms with E-state index in [1.54, 1.807) is 12.3 Å². The molecule has 9 heteroatoms. The molecule has 16 rings (SSSR count). The van der Waals surface area contributed by atoms with E-state index in [-0.39, 0.29) is 0 Å². The van der Waals surface area contributed by atoms with Crippen molar-refractivity contribution < 1.29 is 0 Å². The zero-order valence-corrected chi connectivity index (χ0v) is 44.6. The molecule has 1 aliphatic carbocycles. The van der Waals surface area contributed by atoms with Crippen molar-refractivity contribution in [2.75, 3.05) is 0 Å². The number of para-hydroxylation sites is 2. The second-order valence-electron chi connectivity index (χ2n) is 20.1. The minimum absolute atomic E-state index is 0.834. The number of aromatic nitrogens is 9. The Morgan fingerprint density at radius 1 is 0.412 bits per heavy atom. The zero-order chi connectivity index (χ0) is 54.0. The number of hydrogen-bond acceptors (Lipinski definition) is 5. The van der Waals surface area contributed by atoms with Crippen LogP contribution in [0.2, 0.25) is 0 Å². The highest BCUT2D eigenvalue weighted by Gasteiger charge is 2.26. The summed E-state index contributed by atoms with van der Waals surface area (Å²) in [4.78, 5) is 23.8. The van der Waals surface area contributed by atoms with Crippen molar-refractivity contribution in [3.63, 3.8) is 0 Å². The molecule has 0 spiro atoms. The van der Waals surface area contributed by atoms with Gasteiger partial charge >= 0.3 is 0 Å². The van der Waals surface area contributed by atoms with Gasteiger partial charge in [-0.25, -0.2) is 0 Å². The molecule has 0 radical (unpaired) electrons. The molecule has 0 amide bonds. The van der Waals surface area contributed by atoms with Crippen molar-refractivity contribution in [3.8, 4) is 33.9 Å². The van der Waals surface area contributed by atoms with Gasteiger partial charge in [-0.15, -0.1) is 0 Å². The normalized spacial score (nSPS) is 11.9. The van der Waals surface area contributed by atoms with Crippen molar-refractivity contribution in [1.82, 2.24) is 43.2 Å². The van der Waals surface area contributed by atoms with Crippen LogP contribution in [0.5, 0.6) is 0 Å². The first-order chi connectivity index (χ1) is 39.4. The summed E-state index contributed by atoms with van der Waals surface area (Å²) in [6.07, 6.45) is 15.9. The Bertz CT molecular complexity index is 4910. The number of hydrogen-bond donors (Lipinski definition) is 0. The first-order valence-electron chi connectivity index (χ1n) is 27.0. The van der Waals surface area contributed by atoms with Crippen LogP contribution in [0.1, 0.15) is 36.2 Å². The molecule has 9 aromatic heterocycles. The molecule has 0 N–H and O–H groups in total. The number of benzene rings is 6. The molecule has 0 atom stereocenters. The molecule has 0 aliphatic heterocycles. The Hall–Kier alpha value is -10.5. The summed E-state index contributed by atoms with van der Waals surface area (Å²) in [7, 11) is 0.